The molecule has 0 N–H and O–H groups in total. The Kier molecular flexibility index (Phi) is 3.84. The first kappa shape index (κ1) is 14.7. The molecule has 0 radical (unpaired) electrons. The lowest BCUT2D eigenvalue weighted by Gasteiger charge is -2.20. The Labute approximate surface area is 133 Å². The van der Waals surface area contributed by atoms with Crippen LogP contribution < -0.4 is 0 Å². The van der Waals surface area contributed by atoms with Crippen molar-refractivity contribution in [3.05, 3.63) is 68.8 Å². The Bertz CT molecular complexity index is 671. The van der Waals surface area contributed by atoms with Crippen LogP contribution in [0.5, 0.6) is 0 Å². The predicted octanol–water partition coefficient (Wildman–Crippen LogP) is 5.74. The van der Waals surface area contributed by atoms with Crippen LogP contribution in [-0.2, 0) is 12.8 Å². The lowest BCUT2D eigenvalue weighted by Crippen LogP contribution is -2.04. The normalized spacial score (nSPS) is 15.1. The third kappa shape index (κ3) is 2.51. The number of aryl methyl sites for hydroxylation is 4. The molecule has 2 aromatic rings. The molecule has 0 fully saturated rings. The molecule has 0 saturated carbocycles. The summed E-state index contributed by atoms with van der Waals surface area (Å²) in [5, 5.41) is -0.0468. The van der Waals surface area contributed by atoms with Gasteiger partial charge in [0.05, 0.1) is 5.38 Å². The topological polar surface area (TPSA) is 0 Å². The summed E-state index contributed by atoms with van der Waals surface area (Å²) in [5.41, 5.74) is 10.9. The number of hydrogen-bond donors (Lipinski definition) is 0. The summed E-state index contributed by atoms with van der Waals surface area (Å²) in [6, 6.07) is 9.09. The molecule has 0 spiro atoms. The highest BCUT2D eigenvalue weighted by atomic mass is 35.5. The minimum absolute atomic E-state index is 0.0468. The van der Waals surface area contributed by atoms with Crippen molar-refractivity contribution >= 4 is 11.6 Å². The van der Waals surface area contributed by atoms with Crippen LogP contribution >= 0.6 is 11.6 Å². The molecular weight excluding hydrogens is 276 g/mol. The molecular formula is C20H23Cl. The molecule has 0 aromatic heterocycles. The molecule has 1 heteroatoms. The van der Waals surface area contributed by atoms with Crippen molar-refractivity contribution in [2.24, 2.45) is 0 Å². The first-order valence-electron chi connectivity index (χ1n) is 7.82. The fraction of sp³-hybridized carbons (Fsp3) is 0.400. The Morgan fingerprint density at radius 2 is 1.48 bits per heavy atom. The van der Waals surface area contributed by atoms with Crippen molar-refractivity contribution in [2.75, 3.05) is 0 Å². The Hall–Kier alpha value is -1.27. The highest BCUT2D eigenvalue weighted by Crippen LogP contribution is 2.37. The zero-order valence-corrected chi connectivity index (χ0v) is 14.1. The van der Waals surface area contributed by atoms with E-state index in [1.54, 1.807) is 0 Å². The Morgan fingerprint density at radius 1 is 0.857 bits per heavy atom. The average molecular weight is 299 g/mol. The number of halogens is 1. The van der Waals surface area contributed by atoms with Gasteiger partial charge in [0.25, 0.3) is 0 Å². The molecule has 0 aliphatic heterocycles. The van der Waals surface area contributed by atoms with Crippen LogP contribution in [0.3, 0.4) is 0 Å². The molecule has 1 aliphatic rings. The molecule has 1 atom stereocenters. The van der Waals surface area contributed by atoms with E-state index in [1.807, 2.05) is 0 Å². The van der Waals surface area contributed by atoms with Gasteiger partial charge in [0.15, 0.2) is 0 Å². The smallest absolute Gasteiger partial charge is 0.0840 e. The molecule has 110 valence electrons. The van der Waals surface area contributed by atoms with Gasteiger partial charge in [0.2, 0.25) is 0 Å². The van der Waals surface area contributed by atoms with E-state index in [4.69, 9.17) is 11.6 Å². The molecule has 0 saturated heterocycles. The number of alkyl halides is 1. The maximum atomic E-state index is 6.89. The second-order valence-electron chi connectivity index (χ2n) is 6.42. The fourth-order valence-electron chi connectivity index (χ4n) is 3.54. The highest BCUT2D eigenvalue weighted by molar-refractivity contribution is 6.22. The number of hydrogen-bond acceptors (Lipinski definition) is 0. The zero-order chi connectivity index (χ0) is 15.1. The lowest BCUT2D eigenvalue weighted by molar-refractivity contribution is 0.911. The Morgan fingerprint density at radius 3 is 2.14 bits per heavy atom. The van der Waals surface area contributed by atoms with Gasteiger partial charge in [-0.05, 0) is 91.5 Å². The summed E-state index contributed by atoms with van der Waals surface area (Å²) in [4.78, 5) is 0. The Balaban J connectivity index is 2.09. The van der Waals surface area contributed by atoms with Crippen LogP contribution in [0.25, 0.3) is 0 Å². The third-order valence-electron chi connectivity index (χ3n) is 5.09. The van der Waals surface area contributed by atoms with Crippen LogP contribution in [0.15, 0.2) is 24.3 Å². The summed E-state index contributed by atoms with van der Waals surface area (Å²) >= 11 is 6.89. The van der Waals surface area contributed by atoms with Gasteiger partial charge >= 0.3 is 0 Å². The predicted molar refractivity (Wildman–Crippen MR) is 91.6 cm³/mol. The van der Waals surface area contributed by atoms with E-state index in [2.05, 4.69) is 52.0 Å². The first-order valence-corrected chi connectivity index (χ1v) is 8.25. The van der Waals surface area contributed by atoms with Crippen molar-refractivity contribution in [2.45, 2.75) is 52.3 Å². The van der Waals surface area contributed by atoms with Gasteiger partial charge in [-0.25, -0.2) is 0 Å². The van der Waals surface area contributed by atoms with Gasteiger partial charge in [-0.2, -0.15) is 0 Å². The molecule has 0 nitrogen and oxygen atoms in total. The van der Waals surface area contributed by atoms with Gasteiger partial charge in [0.1, 0.15) is 0 Å². The van der Waals surface area contributed by atoms with Crippen LogP contribution in [-0.4, -0.2) is 0 Å². The van der Waals surface area contributed by atoms with E-state index in [0.29, 0.717) is 0 Å². The van der Waals surface area contributed by atoms with Crippen LogP contribution in [0.2, 0.25) is 0 Å². The maximum Gasteiger partial charge on any atom is 0.0840 e. The molecule has 21 heavy (non-hydrogen) atoms. The number of benzene rings is 2. The SMILES string of the molecule is Cc1cc(C)c(C)c(C(Cl)c2ccc3c(c2)CCC3)c1C. The van der Waals surface area contributed by atoms with E-state index in [9.17, 15) is 0 Å². The van der Waals surface area contributed by atoms with Crippen molar-refractivity contribution in [1.82, 2.24) is 0 Å². The van der Waals surface area contributed by atoms with E-state index < -0.39 is 0 Å². The first-order chi connectivity index (χ1) is 9.99. The number of rotatable bonds is 2. The van der Waals surface area contributed by atoms with E-state index in [0.717, 1.165) is 0 Å². The molecule has 1 aliphatic carbocycles. The second kappa shape index (κ2) is 5.50. The van der Waals surface area contributed by atoms with E-state index >= 15 is 0 Å². The second-order valence-corrected chi connectivity index (χ2v) is 6.85. The maximum absolute atomic E-state index is 6.89. The zero-order valence-electron chi connectivity index (χ0n) is 13.4. The summed E-state index contributed by atoms with van der Waals surface area (Å²) in [5.74, 6) is 0. The van der Waals surface area contributed by atoms with Gasteiger partial charge in [-0.3, -0.25) is 0 Å². The third-order valence-corrected chi connectivity index (χ3v) is 5.56. The molecule has 3 rings (SSSR count). The molecule has 0 amide bonds. The summed E-state index contributed by atoms with van der Waals surface area (Å²) in [6.45, 7) is 8.74. The summed E-state index contributed by atoms with van der Waals surface area (Å²) < 4.78 is 0. The average Bonchev–Trinajstić information content (AvgIpc) is 2.92. The van der Waals surface area contributed by atoms with Crippen LogP contribution in [0, 0.1) is 27.7 Å². The minimum Gasteiger partial charge on any atom is -0.113 e. The van der Waals surface area contributed by atoms with Crippen molar-refractivity contribution in [3.63, 3.8) is 0 Å². The van der Waals surface area contributed by atoms with Gasteiger partial charge < -0.3 is 0 Å². The number of fused-ring (bicyclic) bond motifs is 1. The molecule has 0 bridgehead atoms. The van der Waals surface area contributed by atoms with Gasteiger partial charge in [-0.1, -0.05) is 24.3 Å². The molecule has 2 aromatic carbocycles. The fourth-order valence-corrected chi connectivity index (χ4v) is 4.01. The van der Waals surface area contributed by atoms with Crippen molar-refractivity contribution in [1.29, 1.82) is 0 Å². The van der Waals surface area contributed by atoms with E-state index in [-0.39, 0.29) is 5.38 Å². The minimum atomic E-state index is -0.0468. The quantitative estimate of drug-likeness (QED) is 0.620. The van der Waals surface area contributed by atoms with Crippen molar-refractivity contribution < 1.29 is 0 Å². The summed E-state index contributed by atoms with van der Waals surface area (Å²) in [7, 11) is 0. The molecule has 0 heterocycles. The highest BCUT2D eigenvalue weighted by Gasteiger charge is 2.20. The van der Waals surface area contributed by atoms with Crippen molar-refractivity contribution in [3.8, 4) is 0 Å². The van der Waals surface area contributed by atoms with Gasteiger partial charge in [-0.15, -0.1) is 11.6 Å². The largest absolute Gasteiger partial charge is 0.113 e. The summed E-state index contributed by atoms with van der Waals surface area (Å²) in [6.07, 6.45) is 3.72. The monoisotopic (exact) mass is 298 g/mol. The van der Waals surface area contributed by atoms with Gasteiger partial charge in [0, 0.05) is 0 Å². The van der Waals surface area contributed by atoms with Crippen LogP contribution in [0.4, 0.5) is 0 Å². The van der Waals surface area contributed by atoms with Crippen LogP contribution in [0.1, 0.15) is 56.3 Å². The standard InChI is InChI=1S/C20H23Cl/c1-12-10-13(2)15(4)19(14(12)3)20(21)18-9-8-16-6-5-7-17(16)11-18/h8-11,20H,5-7H2,1-4H3. The van der Waals surface area contributed by atoms with E-state index in [1.165, 1.54) is 63.8 Å². The molecule has 1 unspecified atom stereocenters. The lowest BCUT2D eigenvalue weighted by atomic mass is 9.89.